The van der Waals surface area contributed by atoms with Gasteiger partial charge in [0.2, 0.25) is 17.7 Å². The maximum Gasteiger partial charge on any atom is 0.233 e. The summed E-state index contributed by atoms with van der Waals surface area (Å²) in [5, 5.41) is 2.88. The Morgan fingerprint density at radius 2 is 1.76 bits per heavy atom. The fourth-order valence-electron chi connectivity index (χ4n) is 5.07. The van der Waals surface area contributed by atoms with E-state index in [4.69, 9.17) is 0 Å². The second-order valence-corrected chi connectivity index (χ2v) is 7.83. The van der Waals surface area contributed by atoms with Gasteiger partial charge in [-0.05, 0) is 56.6 Å². The molecule has 1 aromatic rings. The summed E-state index contributed by atoms with van der Waals surface area (Å²) in [5.74, 6) is 0.332. The van der Waals surface area contributed by atoms with Crippen LogP contribution in [-0.2, 0) is 14.4 Å². The number of benzene rings is 1. The van der Waals surface area contributed by atoms with Gasteiger partial charge in [-0.2, -0.15) is 0 Å². The summed E-state index contributed by atoms with van der Waals surface area (Å²) >= 11 is 0. The molecule has 1 aromatic carbocycles. The van der Waals surface area contributed by atoms with Crippen LogP contribution in [0.1, 0.15) is 36.8 Å². The zero-order valence-electron chi connectivity index (χ0n) is 14.7. The number of rotatable bonds is 4. The SMILES string of the molecule is Cc1ccc(NC(=O)CCN2C(=O)[C@@H]3[C@@H]4CC[C@@H](C4)[C@@H]3C2=O)c(C)c1. The van der Waals surface area contributed by atoms with Crippen LogP contribution in [0.25, 0.3) is 0 Å². The van der Waals surface area contributed by atoms with Crippen LogP contribution < -0.4 is 5.32 Å². The van der Waals surface area contributed by atoms with E-state index in [1.807, 2.05) is 32.0 Å². The van der Waals surface area contributed by atoms with Crippen LogP contribution in [-0.4, -0.2) is 29.2 Å². The number of hydrogen-bond donors (Lipinski definition) is 1. The van der Waals surface area contributed by atoms with E-state index in [-0.39, 0.29) is 42.5 Å². The Kier molecular flexibility index (Phi) is 3.89. The molecule has 2 bridgehead atoms. The molecular formula is C20H24N2O3. The highest BCUT2D eigenvalue weighted by molar-refractivity contribution is 6.06. The highest BCUT2D eigenvalue weighted by Gasteiger charge is 2.60. The third-order valence-electron chi connectivity index (χ3n) is 6.24. The highest BCUT2D eigenvalue weighted by atomic mass is 16.2. The second-order valence-electron chi connectivity index (χ2n) is 7.83. The lowest BCUT2D eigenvalue weighted by Crippen LogP contribution is -2.35. The predicted octanol–water partition coefficient (Wildman–Crippen LogP) is 2.66. The molecule has 3 fully saturated rings. The first kappa shape index (κ1) is 16.3. The molecule has 1 saturated heterocycles. The Hall–Kier alpha value is -2.17. The lowest BCUT2D eigenvalue weighted by molar-refractivity contribution is -0.140. The van der Waals surface area contributed by atoms with Gasteiger partial charge in [0.15, 0.2) is 0 Å². The number of carbonyl (C=O) groups is 3. The van der Waals surface area contributed by atoms with E-state index < -0.39 is 0 Å². The number of anilines is 1. The van der Waals surface area contributed by atoms with Gasteiger partial charge in [-0.3, -0.25) is 19.3 Å². The van der Waals surface area contributed by atoms with Crippen LogP contribution in [0, 0.1) is 37.5 Å². The van der Waals surface area contributed by atoms with Crippen molar-refractivity contribution in [3.05, 3.63) is 29.3 Å². The minimum atomic E-state index is -0.160. The predicted molar refractivity (Wildman–Crippen MR) is 93.7 cm³/mol. The second kappa shape index (κ2) is 5.97. The molecule has 5 heteroatoms. The van der Waals surface area contributed by atoms with Crippen molar-refractivity contribution in [2.75, 3.05) is 11.9 Å². The average Bonchev–Trinajstić information content (AvgIpc) is 3.23. The molecule has 132 valence electrons. The normalized spacial score (nSPS) is 30.1. The van der Waals surface area contributed by atoms with Gasteiger partial charge in [-0.25, -0.2) is 0 Å². The summed E-state index contributed by atoms with van der Waals surface area (Å²) in [7, 11) is 0. The van der Waals surface area contributed by atoms with Crippen molar-refractivity contribution in [2.45, 2.75) is 39.5 Å². The monoisotopic (exact) mass is 340 g/mol. The van der Waals surface area contributed by atoms with E-state index in [2.05, 4.69) is 5.32 Å². The number of amides is 3. The van der Waals surface area contributed by atoms with Crippen molar-refractivity contribution in [1.29, 1.82) is 0 Å². The van der Waals surface area contributed by atoms with Crippen LogP contribution in [0.2, 0.25) is 0 Å². The van der Waals surface area contributed by atoms with Crippen molar-refractivity contribution in [2.24, 2.45) is 23.7 Å². The molecule has 3 aliphatic rings. The number of imide groups is 1. The van der Waals surface area contributed by atoms with Gasteiger partial charge >= 0.3 is 0 Å². The number of nitrogens with one attached hydrogen (secondary N) is 1. The zero-order chi connectivity index (χ0) is 17.7. The Morgan fingerprint density at radius 3 is 2.36 bits per heavy atom. The standard InChI is InChI=1S/C20H24N2O3/c1-11-3-6-15(12(2)9-11)21-16(23)7-8-22-19(24)17-13-4-5-14(10-13)18(17)20(22)25/h3,6,9,13-14,17-18H,4-5,7-8,10H2,1-2H3,(H,21,23)/t13-,14+,17-,18+. The molecule has 2 saturated carbocycles. The largest absolute Gasteiger partial charge is 0.326 e. The van der Waals surface area contributed by atoms with Crippen LogP contribution in [0.3, 0.4) is 0 Å². The first-order valence-electron chi connectivity index (χ1n) is 9.18. The molecule has 4 atom stereocenters. The Bertz CT molecular complexity index is 729. The molecule has 1 heterocycles. The van der Waals surface area contributed by atoms with E-state index in [1.54, 1.807) is 0 Å². The Balaban J connectivity index is 1.37. The molecule has 0 unspecified atom stereocenters. The molecule has 1 aliphatic heterocycles. The van der Waals surface area contributed by atoms with E-state index in [0.29, 0.717) is 11.8 Å². The van der Waals surface area contributed by atoms with Gasteiger partial charge in [0, 0.05) is 18.7 Å². The summed E-state index contributed by atoms with van der Waals surface area (Å²) in [6.45, 7) is 4.15. The van der Waals surface area contributed by atoms with Crippen molar-refractivity contribution in [1.82, 2.24) is 4.90 Å². The molecule has 25 heavy (non-hydrogen) atoms. The molecule has 4 rings (SSSR count). The van der Waals surface area contributed by atoms with Crippen LogP contribution in [0.4, 0.5) is 5.69 Å². The summed E-state index contributed by atoms with van der Waals surface area (Å²) in [5.41, 5.74) is 2.93. The molecule has 0 spiro atoms. The Labute approximate surface area is 147 Å². The van der Waals surface area contributed by atoms with E-state index in [9.17, 15) is 14.4 Å². The molecular weight excluding hydrogens is 316 g/mol. The van der Waals surface area contributed by atoms with Gasteiger partial charge < -0.3 is 5.32 Å². The molecule has 3 amide bonds. The molecule has 5 nitrogen and oxygen atoms in total. The lowest BCUT2D eigenvalue weighted by atomic mass is 9.81. The molecule has 2 aliphatic carbocycles. The van der Waals surface area contributed by atoms with Crippen LogP contribution in [0.15, 0.2) is 18.2 Å². The molecule has 0 radical (unpaired) electrons. The number of hydrogen-bond acceptors (Lipinski definition) is 3. The fraction of sp³-hybridized carbons (Fsp3) is 0.550. The van der Waals surface area contributed by atoms with Crippen molar-refractivity contribution in [3.8, 4) is 0 Å². The van der Waals surface area contributed by atoms with Crippen molar-refractivity contribution in [3.63, 3.8) is 0 Å². The first-order valence-corrected chi connectivity index (χ1v) is 9.18. The van der Waals surface area contributed by atoms with E-state index >= 15 is 0 Å². The third-order valence-corrected chi connectivity index (χ3v) is 6.24. The summed E-state index contributed by atoms with van der Waals surface area (Å²) in [6.07, 6.45) is 3.34. The summed E-state index contributed by atoms with van der Waals surface area (Å²) in [6, 6.07) is 5.85. The Morgan fingerprint density at radius 1 is 1.12 bits per heavy atom. The first-order chi connectivity index (χ1) is 12.0. The van der Waals surface area contributed by atoms with Crippen LogP contribution in [0.5, 0.6) is 0 Å². The van der Waals surface area contributed by atoms with Gasteiger partial charge in [-0.1, -0.05) is 17.7 Å². The number of nitrogens with zero attached hydrogens (tertiary/aromatic N) is 1. The smallest absolute Gasteiger partial charge is 0.233 e. The number of carbonyl (C=O) groups excluding carboxylic acids is 3. The summed E-state index contributed by atoms with van der Waals surface area (Å²) in [4.78, 5) is 38.8. The van der Waals surface area contributed by atoms with Gasteiger partial charge in [0.1, 0.15) is 0 Å². The quantitative estimate of drug-likeness (QED) is 0.857. The fourth-order valence-corrected chi connectivity index (χ4v) is 5.07. The number of fused-ring (bicyclic) bond motifs is 5. The van der Waals surface area contributed by atoms with Crippen LogP contribution >= 0.6 is 0 Å². The number of likely N-dealkylation sites (tertiary alicyclic amines) is 1. The van der Waals surface area contributed by atoms with E-state index in [1.165, 1.54) is 4.90 Å². The highest BCUT2D eigenvalue weighted by Crippen LogP contribution is 2.56. The minimum absolute atomic E-state index is 0.0403. The number of aryl methyl sites for hydroxylation is 2. The average molecular weight is 340 g/mol. The van der Waals surface area contributed by atoms with E-state index in [0.717, 1.165) is 36.1 Å². The summed E-state index contributed by atoms with van der Waals surface area (Å²) < 4.78 is 0. The topological polar surface area (TPSA) is 66.5 Å². The molecule has 0 aromatic heterocycles. The third kappa shape index (κ3) is 2.66. The van der Waals surface area contributed by atoms with Gasteiger partial charge in [0.05, 0.1) is 11.8 Å². The minimum Gasteiger partial charge on any atom is -0.326 e. The van der Waals surface area contributed by atoms with Crippen molar-refractivity contribution >= 4 is 23.4 Å². The maximum absolute atomic E-state index is 12.6. The van der Waals surface area contributed by atoms with Gasteiger partial charge in [-0.15, -0.1) is 0 Å². The van der Waals surface area contributed by atoms with Gasteiger partial charge in [0.25, 0.3) is 0 Å². The lowest BCUT2D eigenvalue weighted by Gasteiger charge is -2.19. The van der Waals surface area contributed by atoms with Crippen molar-refractivity contribution < 1.29 is 14.4 Å². The zero-order valence-corrected chi connectivity index (χ0v) is 14.7. The maximum atomic E-state index is 12.6. The molecule has 1 N–H and O–H groups in total.